The molecule has 2 aliphatic heterocycles. The molecule has 0 saturated carbocycles. The van der Waals surface area contributed by atoms with Crippen LogP contribution in [0.5, 0.6) is 0 Å². The summed E-state index contributed by atoms with van der Waals surface area (Å²) in [6.07, 6.45) is 10.9. The van der Waals surface area contributed by atoms with E-state index in [2.05, 4.69) is 32.0 Å². The Morgan fingerprint density at radius 2 is 2.13 bits per heavy atom. The Bertz CT molecular complexity index is 1550. The third kappa shape index (κ3) is 5.05. The molecule has 0 unspecified atom stereocenters. The number of nitrogens with one attached hydrogen (secondary N) is 4. The van der Waals surface area contributed by atoms with Crippen molar-refractivity contribution in [3.8, 4) is 6.07 Å². The highest BCUT2D eigenvalue weighted by Crippen LogP contribution is 2.33. The number of aromatic nitrogens is 2. The second kappa shape index (κ2) is 11.0. The minimum absolute atomic E-state index is 0.0273. The van der Waals surface area contributed by atoms with Crippen molar-refractivity contribution in [1.82, 2.24) is 20.6 Å². The predicted molar refractivity (Wildman–Crippen MR) is 156 cm³/mol. The number of benzene rings is 2. The van der Waals surface area contributed by atoms with Gasteiger partial charge in [-0.1, -0.05) is 24.6 Å². The smallest absolute Gasteiger partial charge is 0.224 e. The predicted octanol–water partition coefficient (Wildman–Crippen LogP) is 5.28. The maximum Gasteiger partial charge on any atom is 0.224 e. The van der Waals surface area contributed by atoms with E-state index in [0.29, 0.717) is 29.3 Å². The first-order valence-corrected chi connectivity index (χ1v) is 14.2. The monoisotopic (exact) mass is 522 g/mol. The first-order chi connectivity index (χ1) is 18.7. The average Bonchev–Trinajstić information content (AvgIpc) is 3.67. The highest BCUT2D eigenvalue weighted by atomic mass is 32.2. The van der Waals surface area contributed by atoms with Gasteiger partial charge in [-0.2, -0.15) is 17.0 Å². The molecule has 4 heterocycles. The van der Waals surface area contributed by atoms with Crippen molar-refractivity contribution in [2.75, 3.05) is 17.7 Å². The quantitative estimate of drug-likeness (QED) is 0.185. The number of nitrogens with zero attached hydrogens (tertiary/aromatic N) is 2. The fourth-order valence-electron chi connectivity index (χ4n) is 5.60. The van der Waals surface area contributed by atoms with Gasteiger partial charge in [0, 0.05) is 82.3 Å². The van der Waals surface area contributed by atoms with Crippen LogP contribution in [0.3, 0.4) is 0 Å². The van der Waals surface area contributed by atoms with Crippen LogP contribution in [0.4, 0.5) is 5.69 Å². The Labute approximate surface area is 226 Å². The van der Waals surface area contributed by atoms with Gasteiger partial charge in [-0.15, -0.1) is 0 Å². The Morgan fingerprint density at radius 1 is 1.18 bits per heavy atom. The average molecular weight is 523 g/mol. The van der Waals surface area contributed by atoms with Gasteiger partial charge >= 0.3 is 0 Å². The molecule has 6 rings (SSSR count). The number of thioether (sulfide) groups is 1. The topological polar surface area (TPSA) is 106 Å². The molecule has 0 aliphatic carbocycles. The molecule has 7 nitrogen and oxygen atoms in total. The van der Waals surface area contributed by atoms with Gasteiger partial charge in [-0.3, -0.25) is 20.4 Å². The zero-order valence-electron chi connectivity index (χ0n) is 21.0. The summed E-state index contributed by atoms with van der Waals surface area (Å²) in [5, 5.41) is 23.8. The van der Waals surface area contributed by atoms with Crippen LogP contribution in [0.1, 0.15) is 36.8 Å². The SMILES string of the molecule is N#C/C(=C\c1cccc2cnccc12)c1c[nH]c2ccc(NC(=O)CCCC[C@@H]3SC[C@@H]4NCN[C@@H]43)cc12. The number of aromatic amines is 1. The molecule has 3 atom stereocenters. The van der Waals surface area contributed by atoms with E-state index < -0.39 is 0 Å². The molecule has 0 spiro atoms. The number of pyridine rings is 1. The molecule has 2 saturated heterocycles. The van der Waals surface area contributed by atoms with Crippen molar-refractivity contribution >= 4 is 56.7 Å². The summed E-state index contributed by atoms with van der Waals surface area (Å²) in [5.74, 6) is 1.20. The number of carbonyl (C=O) groups is 1. The van der Waals surface area contributed by atoms with Gasteiger partial charge in [0.1, 0.15) is 0 Å². The number of unbranched alkanes of at least 4 members (excludes halogenated alkanes) is 1. The summed E-state index contributed by atoms with van der Waals surface area (Å²) in [4.78, 5) is 20.2. The van der Waals surface area contributed by atoms with Crippen molar-refractivity contribution in [3.05, 3.63) is 72.2 Å². The first-order valence-electron chi connectivity index (χ1n) is 13.1. The van der Waals surface area contributed by atoms with Gasteiger partial charge < -0.3 is 10.3 Å². The van der Waals surface area contributed by atoms with Gasteiger partial charge in [-0.25, -0.2) is 0 Å². The lowest BCUT2D eigenvalue weighted by molar-refractivity contribution is -0.116. The lowest BCUT2D eigenvalue weighted by atomic mass is 10.00. The van der Waals surface area contributed by atoms with E-state index in [9.17, 15) is 10.1 Å². The number of H-pyrrole nitrogens is 1. The largest absolute Gasteiger partial charge is 0.361 e. The van der Waals surface area contributed by atoms with Crippen LogP contribution in [0.2, 0.25) is 0 Å². The summed E-state index contributed by atoms with van der Waals surface area (Å²) in [5.41, 5.74) is 4.00. The number of hydrogen-bond acceptors (Lipinski definition) is 6. The zero-order valence-corrected chi connectivity index (χ0v) is 21.9. The summed E-state index contributed by atoms with van der Waals surface area (Å²) >= 11 is 2.05. The van der Waals surface area contributed by atoms with Crippen LogP contribution in [-0.4, -0.2) is 45.6 Å². The molecule has 0 bridgehead atoms. The number of nitriles is 1. The summed E-state index contributed by atoms with van der Waals surface area (Å²) in [6.45, 7) is 0.911. The fraction of sp³-hybridized carbons (Fsp3) is 0.300. The Hall–Kier alpha value is -3.64. The molecule has 1 amide bonds. The van der Waals surface area contributed by atoms with E-state index >= 15 is 0 Å². The summed E-state index contributed by atoms with van der Waals surface area (Å²) < 4.78 is 0. The Morgan fingerprint density at radius 3 is 3.05 bits per heavy atom. The van der Waals surface area contributed by atoms with Gasteiger partial charge in [0.25, 0.3) is 0 Å². The number of anilines is 1. The summed E-state index contributed by atoms with van der Waals surface area (Å²) in [6, 6.07) is 17.3. The van der Waals surface area contributed by atoms with Gasteiger partial charge in [0.2, 0.25) is 5.91 Å². The van der Waals surface area contributed by atoms with E-state index in [1.54, 1.807) is 6.20 Å². The molecule has 2 fully saturated rings. The van der Waals surface area contributed by atoms with Gasteiger partial charge in [0.15, 0.2) is 0 Å². The number of carbonyl (C=O) groups excluding carboxylic acids is 1. The van der Waals surface area contributed by atoms with Crippen LogP contribution < -0.4 is 16.0 Å². The number of allylic oxidation sites excluding steroid dienone is 1. The van der Waals surface area contributed by atoms with Crippen LogP contribution >= 0.6 is 11.8 Å². The second-order valence-corrected chi connectivity index (χ2v) is 11.2. The van der Waals surface area contributed by atoms with Crippen molar-refractivity contribution in [1.29, 1.82) is 5.26 Å². The maximum absolute atomic E-state index is 12.7. The number of fused-ring (bicyclic) bond motifs is 3. The lowest BCUT2D eigenvalue weighted by Gasteiger charge is -2.17. The van der Waals surface area contributed by atoms with Crippen molar-refractivity contribution < 1.29 is 4.79 Å². The number of amides is 1. The number of rotatable bonds is 8. The molecule has 192 valence electrons. The zero-order chi connectivity index (χ0) is 25.9. The Kier molecular flexibility index (Phi) is 7.14. The van der Waals surface area contributed by atoms with Crippen molar-refractivity contribution in [3.63, 3.8) is 0 Å². The third-order valence-electron chi connectivity index (χ3n) is 7.56. The third-order valence-corrected chi connectivity index (χ3v) is 9.07. The van der Waals surface area contributed by atoms with Gasteiger partial charge in [0.05, 0.1) is 11.6 Å². The van der Waals surface area contributed by atoms with E-state index in [4.69, 9.17) is 0 Å². The highest BCUT2D eigenvalue weighted by molar-refractivity contribution is 8.00. The van der Waals surface area contributed by atoms with Crippen molar-refractivity contribution in [2.45, 2.75) is 43.0 Å². The van der Waals surface area contributed by atoms with E-state index in [1.165, 1.54) is 5.75 Å². The molecule has 38 heavy (non-hydrogen) atoms. The molecule has 4 aromatic rings. The van der Waals surface area contributed by atoms with Crippen LogP contribution in [0.15, 0.2) is 61.1 Å². The molecule has 2 aliphatic rings. The normalized spacial score (nSPS) is 21.0. The van der Waals surface area contributed by atoms with Crippen LogP contribution in [0.25, 0.3) is 33.3 Å². The molecule has 0 radical (unpaired) electrons. The van der Waals surface area contributed by atoms with Gasteiger partial charge in [-0.05, 0) is 54.1 Å². The Balaban J connectivity index is 1.13. The second-order valence-electron chi connectivity index (χ2n) is 9.96. The maximum atomic E-state index is 12.7. The molecule has 2 aromatic heterocycles. The van der Waals surface area contributed by atoms with E-state index in [-0.39, 0.29) is 5.91 Å². The summed E-state index contributed by atoms with van der Waals surface area (Å²) in [7, 11) is 0. The fourth-order valence-corrected chi connectivity index (χ4v) is 7.21. The molecule has 4 N–H and O–H groups in total. The molecule has 8 heteroatoms. The number of hydrogen-bond donors (Lipinski definition) is 4. The van der Waals surface area contributed by atoms with Crippen LogP contribution in [-0.2, 0) is 4.79 Å². The first kappa shape index (κ1) is 24.7. The lowest BCUT2D eigenvalue weighted by Crippen LogP contribution is -2.36. The minimum atomic E-state index is 0.0273. The molecular formula is C30H30N6OS. The van der Waals surface area contributed by atoms with Crippen LogP contribution in [0, 0.1) is 11.3 Å². The highest BCUT2D eigenvalue weighted by Gasteiger charge is 2.38. The van der Waals surface area contributed by atoms with E-state index in [1.807, 2.05) is 72.7 Å². The standard InChI is InChI=1S/C30H30N6OS/c31-14-21(12-19-4-3-5-20-15-32-11-10-23(19)20)25-16-33-26-9-8-22(13-24(25)26)36-29(37)7-2-1-6-28-30-27(17-38-28)34-18-35-30/h3-5,8-13,15-16,27-28,30,33-35H,1-2,6-7,17-18H2,(H,36,37)/b21-12+/t27-,28-,30-/m0/s1. The van der Waals surface area contributed by atoms with Crippen molar-refractivity contribution in [2.24, 2.45) is 0 Å². The molecule has 2 aromatic carbocycles. The minimum Gasteiger partial charge on any atom is -0.361 e. The molecular weight excluding hydrogens is 492 g/mol. The van der Waals surface area contributed by atoms with E-state index in [0.717, 1.165) is 64.4 Å².